The number of nitrogens with zero attached hydrogens (tertiary/aromatic N) is 1. The molecule has 2 heteroatoms. The van der Waals surface area contributed by atoms with Crippen molar-refractivity contribution in [3.63, 3.8) is 0 Å². The van der Waals surface area contributed by atoms with E-state index in [1.807, 2.05) is 13.1 Å². The van der Waals surface area contributed by atoms with Crippen molar-refractivity contribution in [2.75, 3.05) is 0 Å². The molecule has 0 saturated heterocycles. The summed E-state index contributed by atoms with van der Waals surface area (Å²) in [6.45, 7) is 4.15. The van der Waals surface area contributed by atoms with E-state index in [9.17, 15) is 0 Å². The van der Waals surface area contributed by atoms with Crippen molar-refractivity contribution in [3.8, 4) is 0 Å². The lowest BCUT2D eigenvalue weighted by Crippen LogP contribution is -1.90. The average molecular weight is 194 g/mol. The Balaban J connectivity index is 2.94. The van der Waals surface area contributed by atoms with Crippen LogP contribution in [0, 0.1) is 13.8 Å². The van der Waals surface area contributed by atoms with E-state index in [2.05, 4.69) is 30.5 Å². The summed E-state index contributed by atoms with van der Waals surface area (Å²) in [4.78, 5) is 0. The first-order chi connectivity index (χ1) is 6.09. The third kappa shape index (κ3) is 1.24. The van der Waals surface area contributed by atoms with Crippen molar-refractivity contribution in [1.82, 2.24) is 4.57 Å². The van der Waals surface area contributed by atoms with Crippen molar-refractivity contribution in [3.05, 3.63) is 34.5 Å². The maximum absolute atomic E-state index is 6.16. The number of fused-ring (bicyclic) bond motifs is 1. The molecule has 0 amide bonds. The molecule has 0 spiro atoms. The maximum Gasteiger partial charge on any atom is 0.0669 e. The molecule has 1 aromatic heterocycles. The second-order valence-corrected chi connectivity index (χ2v) is 3.94. The van der Waals surface area contributed by atoms with Gasteiger partial charge in [-0.2, -0.15) is 0 Å². The van der Waals surface area contributed by atoms with Gasteiger partial charge in [-0.15, -0.1) is 0 Å². The lowest BCUT2D eigenvalue weighted by atomic mass is 10.2. The van der Waals surface area contributed by atoms with Gasteiger partial charge in [0.15, 0.2) is 0 Å². The molecule has 0 aliphatic rings. The fourth-order valence-electron chi connectivity index (χ4n) is 1.72. The predicted molar refractivity (Wildman–Crippen MR) is 57.4 cm³/mol. The first-order valence-electron chi connectivity index (χ1n) is 4.32. The van der Waals surface area contributed by atoms with Crippen molar-refractivity contribution >= 4 is 22.5 Å². The summed E-state index contributed by atoms with van der Waals surface area (Å²) in [6, 6.07) is 6.33. The molecular weight excluding hydrogens is 182 g/mol. The molecule has 0 saturated carbocycles. The second kappa shape index (κ2) is 2.78. The minimum absolute atomic E-state index is 0.839. The number of rotatable bonds is 0. The standard InChI is InChI=1S/C11H12ClN/c1-7-4-9-6-8(2)13(3)11(9)10(12)5-7/h4-6H,1-3H3. The van der Waals surface area contributed by atoms with E-state index in [1.165, 1.54) is 16.6 Å². The summed E-state index contributed by atoms with van der Waals surface area (Å²) >= 11 is 6.16. The SMILES string of the molecule is Cc1cc(Cl)c2c(c1)cc(C)n2C. The zero-order valence-corrected chi connectivity index (χ0v) is 8.81. The van der Waals surface area contributed by atoms with E-state index in [-0.39, 0.29) is 0 Å². The monoisotopic (exact) mass is 193 g/mol. The topological polar surface area (TPSA) is 4.93 Å². The molecule has 0 fully saturated rings. The molecule has 0 aliphatic carbocycles. The fraction of sp³-hybridized carbons (Fsp3) is 0.273. The van der Waals surface area contributed by atoms with Crippen LogP contribution in [0.2, 0.25) is 5.02 Å². The van der Waals surface area contributed by atoms with Gasteiger partial charge in [-0.25, -0.2) is 0 Å². The zero-order chi connectivity index (χ0) is 9.59. The Kier molecular flexibility index (Phi) is 1.85. The Labute approximate surface area is 82.9 Å². The number of aromatic nitrogens is 1. The minimum Gasteiger partial charge on any atom is -0.347 e. The van der Waals surface area contributed by atoms with Crippen molar-refractivity contribution < 1.29 is 0 Å². The normalized spacial score (nSPS) is 11.1. The Morgan fingerprint density at radius 2 is 1.85 bits per heavy atom. The Morgan fingerprint density at radius 1 is 1.15 bits per heavy atom. The predicted octanol–water partition coefficient (Wildman–Crippen LogP) is 3.45. The Bertz CT molecular complexity index is 468. The quantitative estimate of drug-likeness (QED) is 0.604. The van der Waals surface area contributed by atoms with Crippen molar-refractivity contribution in [2.24, 2.45) is 7.05 Å². The summed E-state index contributed by atoms with van der Waals surface area (Å²) in [7, 11) is 2.04. The Hall–Kier alpha value is -0.950. The van der Waals surface area contributed by atoms with Gasteiger partial charge in [-0.05, 0) is 37.6 Å². The molecular formula is C11H12ClN. The molecule has 1 heterocycles. The summed E-state index contributed by atoms with van der Waals surface area (Å²) < 4.78 is 2.12. The largest absolute Gasteiger partial charge is 0.347 e. The molecule has 0 aliphatic heterocycles. The van der Waals surface area contributed by atoms with E-state index in [0.717, 1.165) is 10.5 Å². The smallest absolute Gasteiger partial charge is 0.0669 e. The van der Waals surface area contributed by atoms with Gasteiger partial charge in [0, 0.05) is 18.1 Å². The molecule has 13 heavy (non-hydrogen) atoms. The van der Waals surface area contributed by atoms with Crippen LogP contribution in [0.1, 0.15) is 11.3 Å². The zero-order valence-electron chi connectivity index (χ0n) is 8.06. The van der Waals surface area contributed by atoms with Crippen LogP contribution in [0.3, 0.4) is 0 Å². The molecule has 0 N–H and O–H groups in total. The van der Waals surface area contributed by atoms with Crippen molar-refractivity contribution in [1.29, 1.82) is 0 Å². The van der Waals surface area contributed by atoms with Gasteiger partial charge in [0.2, 0.25) is 0 Å². The summed E-state index contributed by atoms with van der Waals surface area (Å²) in [5.74, 6) is 0. The molecule has 0 radical (unpaired) electrons. The molecule has 1 aromatic carbocycles. The van der Waals surface area contributed by atoms with Crippen molar-refractivity contribution in [2.45, 2.75) is 13.8 Å². The van der Waals surface area contributed by atoms with Gasteiger partial charge in [0.05, 0.1) is 10.5 Å². The average Bonchev–Trinajstić information content (AvgIpc) is 2.27. The number of aryl methyl sites for hydroxylation is 3. The lowest BCUT2D eigenvalue weighted by Gasteiger charge is -2.02. The van der Waals surface area contributed by atoms with Crippen LogP contribution >= 0.6 is 11.6 Å². The van der Waals surface area contributed by atoms with E-state index >= 15 is 0 Å². The number of hydrogen-bond donors (Lipinski definition) is 0. The van der Waals surface area contributed by atoms with Crippen LogP contribution in [0.4, 0.5) is 0 Å². The maximum atomic E-state index is 6.16. The lowest BCUT2D eigenvalue weighted by molar-refractivity contribution is 0.918. The molecule has 0 unspecified atom stereocenters. The van der Waals surface area contributed by atoms with Gasteiger partial charge in [-0.3, -0.25) is 0 Å². The Morgan fingerprint density at radius 3 is 2.54 bits per heavy atom. The molecule has 2 rings (SSSR count). The van der Waals surface area contributed by atoms with Crippen LogP contribution < -0.4 is 0 Å². The van der Waals surface area contributed by atoms with Gasteiger partial charge in [0.25, 0.3) is 0 Å². The number of halogens is 1. The van der Waals surface area contributed by atoms with E-state index in [4.69, 9.17) is 11.6 Å². The summed E-state index contributed by atoms with van der Waals surface area (Å²) in [5, 5.41) is 2.07. The number of hydrogen-bond acceptors (Lipinski definition) is 0. The highest BCUT2D eigenvalue weighted by molar-refractivity contribution is 6.35. The first-order valence-corrected chi connectivity index (χ1v) is 4.69. The summed E-state index contributed by atoms with van der Waals surface area (Å²) in [6.07, 6.45) is 0. The minimum atomic E-state index is 0.839. The summed E-state index contributed by atoms with van der Waals surface area (Å²) in [5.41, 5.74) is 3.58. The second-order valence-electron chi connectivity index (χ2n) is 3.53. The van der Waals surface area contributed by atoms with Gasteiger partial charge >= 0.3 is 0 Å². The van der Waals surface area contributed by atoms with Crippen LogP contribution in [-0.4, -0.2) is 4.57 Å². The third-order valence-electron chi connectivity index (χ3n) is 2.47. The van der Waals surface area contributed by atoms with Crippen LogP contribution in [0.15, 0.2) is 18.2 Å². The third-order valence-corrected chi connectivity index (χ3v) is 2.75. The van der Waals surface area contributed by atoms with Gasteiger partial charge in [0.1, 0.15) is 0 Å². The van der Waals surface area contributed by atoms with Gasteiger partial charge in [-0.1, -0.05) is 11.6 Å². The molecule has 68 valence electrons. The van der Waals surface area contributed by atoms with E-state index in [0.29, 0.717) is 0 Å². The molecule has 2 aromatic rings. The fourth-order valence-corrected chi connectivity index (χ4v) is 2.13. The van der Waals surface area contributed by atoms with Crippen LogP contribution in [-0.2, 0) is 7.05 Å². The van der Waals surface area contributed by atoms with Crippen LogP contribution in [0.5, 0.6) is 0 Å². The highest BCUT2D eigenvalue weighted by Crippen LogP contribution is 2.27. The molecule has 1 nitrogen and oxygen atoms in total. The van der Waals surface area contributed by atoms with Gasteiger partial charge < -0.3 is 4.57 Å². The molecule has 0 bridgehead atoms. The van der Waals surface area contributed by atoms with E-state index < -0.39 is 0 Å². The van der Waals surface area contributed by atoms with Crippen LogP contribution in [0.25, 0.3) is 10.9 Å². The first kappa shape index (κ1) is 8.64. The highest BCUT2D eigenvalue weighted by Gasteiger charge is 2.06. The highest BCUT2D eigenvalue weighted by atomic mass is 35.5. The molecule has 0 atom stereocenters. The van der Waals surface area contributed by atoms with E-state index in [1.54, 1.807) is 0 Å². The number of benzene rings is 1.